The van der Waals surface area contributed by atoms with Crippen molar-refractivity contribution in [3.8, 4) is 0 Å². The number of amidine groups is 1. The fraction of sp³-hybridized carbons (Fsp3) is 0. The maximum absolute atomic E-state index is 8.41. The SMILES string of the molecule is [C-]#[N+]/C(=N\O)c1ccc(Br)cc1. The molecule has 0 unspecified atom stereocenters. The first-order valence-corrected chi connectivity index (χ1v) is 3.92. The molecule has 4 heteroatoms. The third-order valence-corrected chi connectivity index (χ3v) is 1.83. The predicted octanol–water partition coefficient (Wildman–Crippen LogP) is 2.50. The van der Waals surface area contributed by atoms with Crippen LogP contribution >= 0.6 is 15.9 Å². The van der Waals surface area contributed by atoms with Gasteiger partial charge < -0.3 is 10.1 Å². The van der Waals surface area contributed by atoms with E-state index in [2.05, 4.69) is 25.9 Å². The van der Waals surface area contributed by atoms with E-state index in [4.69, 9.17) is 11.8 Å². The molecule has 0 atom stereocenters. The summed E-state index contributed by atoms with van der Waals surface area (Å²) in [5.74, 6) is 0.00231. The Morgan fingerprint density at radius 2 is 2.00 bits per heavy atom. The largest absolute Gasteiger partial charge is 0.357 e. The summed E-state index contributed by atoms with van der Waals surface area (Å²) in [5, 5.41) is 11.3. The van der Waals surface area contributed by atoms with Crippen LogP contribution in [-0.4, -0.2) is 11.0 Å². The number of halogens is 1. The highest BCUT2D eigenvalue weighted by molar-refractivity contribution is 9.10. The van der Waals surface area contributed by atoms with Crippen molar-refractivity contribution in [2.75, 3.05) is 0 Å². The molecule has 1 rings (SSSR count). The molecule has 0 aliphatic heterocycles. The van der Waals surface area contributed by atoms with Gasteiger partial charge in [0.1, 0.15) is 0 Å². The van der Waals surface area contributed by atoms with Crippen molar-refractivity contribution in [3.05, 3.63) is 45.7 Å². The molecule has 0 amide bonds. The zero-order valence-corrected chi connectivity index (χ0v) is 7.62. The Balaban J connectivity index is 3.06. The van der Waals surface area contributed by atoms with Gasteiger partial charge in [-0.15, -0.1) is 0 Å². The maximum Gasteiger partial charge on any atom is 0.321 e. The number of oxime groups is 1. The number of rotatable bonds is 1. The van der Waals surface area contributed by atoms with Crippen LogP contribution in [0.2, 0.25) is 0 Å². The Hall–Kier alpha value is -1.34. The Labute approximate surface area is 78.3 Å². The highest BCUT2D eigenvalue weighted by atomic mass is 79.9. The third-order valence-electron chi connectivity index (χ3n) is 1.30. The summed E-state index contributed by atoms with van der Waals surface area (Å²) in [7, 11) is 0. The third kappa shape index (κ3) is 1.83. The number of benzene rings is 1. The normalized spacial score (nSPS) is 10.8. The lowest BCUT2D eigenvalue weighted by atomic mass is 10.2. The Kier molecular flexibility index (Phi) is 2.83. The standard InChI is InChI=1S/C8H5BrN2O/c1-10-8(11-12)6-2-4-7(9)5-3-6/h2-5,12H/b11-8-. The number of hydrogen-bond acceptors (Lipinski definition) is 2. The van der Waals surface area contributed by atoms with Crippen molar-refractivity contribution in [1.82, 2.24) is 0 Å². The zero-order valence-electron chi connectivity index (χ0n) is 6.03. The van der Waals surface area contributed by atoms with Gasteiger partial charge in [0.15, 0.2) is 0 Å². The van der Waals surface area contributed by atoms with Crippen LogP contribution in [0.3, 0.4) is 0 Å². The monoisotopic (exact) mass is 224 g/mol. The smallest absolute Gasteiger partial charge is 0.321 e. The fourth-order valence-corrected chi connectivity index (χ4v) is 1.01. The molecule has 0 radical (unpaired) electrons. The summed E-state index contributed by atoms with van der Waals surface area (Å²) in [5.41, 5.74) is 0.607. The second kappa shape index (κ2) is 3.88. The highest BCUT2D eigenvalue weighted by Crippen LogP contribution is 2.11. The molecule has 1 N–H and O–H groups in total. The van der Waals surface area contributed by atoms with E-state index in [1.54, 1.807) is 24.3 Å². The first-order chi connectivity index (χ1) is 5.77. The summed E-state index contributed by atoms with van der Waals surface area (Å²) in [6.07, 6.45) is 0. The van der Waals surface area contributed by atoms with Crippen LogP contribution in [-0.2, 0) is 0 Å². The van der Waals surface area contributed by atoms with Crippen LogP contribution < -0.4 is 0 Å². The van der Waals surface area contributed by atoms with Gasteiger partial charge in [0.25, 0.3) is 0 Å². The van der Waals surface area contributed by atoms with E-state index in [0.717, 1.165) is 4.47 Å². The van der Waals surface area contributed by atoms with E-state index in [0.29, 0.717) is 5.56 Å². The molecule has 60 valence electrons. The molecular formula is C8H5BrN2O. The van der Waals surface area contributed by atoms with Crippen molar-refractivity contribution in [2.45, 2.75) is 0 Å². The van der Waals surface area contributed by atoms with E-state index in [1.807, 2.05) is 0 Å². The van der Waals surface area contributed by atoms with Crippen LogP contribution in [0.25, 0.3) is 4.85 Å². The Morgan fingerprint density at radius 3 is 2.42 bits per heavy atom. The lowest BCUT2D eigenvalue weighted by Crippen LogP contribution is -1.92. The first-order valence-electron chi connectivity index (χ1n) is 3.13. The van der Waals surface area contributed by atoms with E-state index >= 15 is 0 Å². The number of nitrogens with zero attached hydrogens (tertiary/aromatic N) is 2. The topological polar surface area (TPSA) is 37.0 Å². The molecule has 1 aromatic carbocycles. The van der Waals surface area contributed by atoms with Gasteiger partial charge in [-0.25, -0.2) is 0 Å². The lowest BCUT2D eigenvalue weighted by Gasteiger charge is -1.94. The molecule has 0 aliphatic rings. The van der Waals surface area contributed by atoms with Gasteiger partial charge in [0.2, 0.25) is 0 Å². The van der Waals surface area contributed by atoms with Crippen LogP contribution in [0.15, 0.2) is 33.9 Å². The molecule has 0 saturated carbocycles. The lowest BCUT2D eigenvalue weighted by molar-refractivity contribution is 0.320. The van der Waals surface area contributed by atoms with E-state index < -0.39 is 0 Å². The number of hydrogen-bond donors (Lipinski definition) is 1. The van der Waals surface area contributed by atoms with E-state index in [1.165, 1.54) is 0 Å². The molecular weight excluding hydrogens is 220 g/mol. The second-order valence-corrected chi connectivity index (χ2v) is 2.96. The van der Waals surface area contributed by atoms with Gasteiger partial charge in [-0.3, -0.25) is 0 Å². The van der Waals surface area contributed by atoms with E-state index in [9.17, 15) is 0 Å². The molecule has 3 nitrogen and oxygen atoms in total. The molecule has 0 saturated heterocycles. The molecule has 0 spiro atoms. The summed E-state index contributed by atoms with van der Waals surface area (Å²) in [4.78, 5) is 3.04. The summed E-state index contributed by atoms with van der Waals surface area (Å²) < 4.78 is 0.925. The summed E-state index contributed by atoms with van der Waals surface area (Å²) in [6.45, 7) is 6.67. The highest BCUT2D eigenvalue weighted by Gasteiger charge is 2.01. The quantitative estimate of drug-likeness (QED) is 0.257. The molecule has 0 heterocycles. The van der Waals surface area contributed by atoms with Crippen LogP contribution in [0.4, 0.5) is 0 Å². The minimum atomic E-state index is 0.00231. The minimum absolute atomic E-state index is 0.00231. The minimum Gasteiger partial charge on any atom is -0.357 e. The Morgan fingerprint density at radius 1 is 1.42 bits per heavy atom. The molecule has 1 aromatic rings. The molecule has 12 heavy (non-hydrogen) atoms. The van der Waals surface area contributed by atoms with Gasteiger partial charge >= 0.3 is 5.84 Å². The maximum atomic E-state index is 8.41. The van der Waals surface area contributed by atoms with Crippen LogP contribution in [0, 0.1) is 6.57 Å². The van der Waals surface area contributed by atoms with Crippen LogP contribution in [0.1, 0.15) is 5.56 Å². The van der Waals surface area contributed by atoms with E-state index in [-0.39, 0.29) is 5.84 Å². The zero-order chi connectivity index (χ0) is 8.97. The van der Waals surface area contributed by atoms with Crippen molar-refractivity contribution < 1.29 is 5.21 Å². The molecule has 0 fully saturated rings. The van der Waals surface area contributed by atoms with Gasteiger partial charge in [0, 0.05) is 10.0 Å². The molecule has 0 aliphatic carbocycles. The van der Waals surface area contributed by atoms with Crippen molar-refractivity contribution >= 4 is 21.8 Å². The van der Waals surface area contributed by atoms with Gasteiger partial charge in [-0.2, -0.15) is 0 Å². The average Bonchev–Trinajstić information content (AvgIpc) is 2.10. The predicted molar refractivity (Wildman–Crippen MR) is 49.1 cm³/mol. The molecule has 0 bridgehead atoms. The molecule has 0 aromatic heterocycles. The first kappa shape index (κ1) is 8.75. The van der Waals surface area contributed by atoms with Gasteiger partial charge in [-0.05, 0) is 12.1 Å². The summed E-state index contributed by atoms with van der Waals surface area (Å²) in [6, 6.07) is 6.98. The Bertz CT molecular complexity index is 337. The fourth-order valence-electron chi connectivity index (χ4n) is 0.744. The average molecular weight is 225 g/mol. The van der Waals surface area contributed by atoms with Crippen molar-refractivity contribution in [2.24, 2.45) is 5.16 Å². The summed E-state index contributed by atoms with van der Waals surface area (Å²) >= 11 is 3.26. The van der Waals surface area contributed by atoms with Gasteiger partial charge in [-0.1, -0.05) is 34.6 Å². The van der Waals surface area contributed by atoms with Crippen molar-refractivity contribution in [3.63, 3.8) is 0 Å². The van der Waals surface area contributed by atoms with Crippen molar-refractivity contribution in [1.29, 1.82) is 0 Å². The second-order valence-electron chi connectivity index (χ2n) is 2.04. The van der Waals surface area contributed by atoms with Gasteiger partial charge in [0.05, 0.1) is 5.16 Å². The van der Waals surface area contributed by atoms with Crippen LogP contribution in [0.5, 0.6) is 0 Å².